The summed E-state index contributed by atoms with van der Waals surface area (Å²) < 4.78 is 1.86. The number of pyridine rings is 2. The molecule has 35 heavy (non-hydrogen) atoms. The highest BCUT2D eigenvalue weighted by molar-refractivity contribution is 5.93. The number of nitrogens with two attached hydrogens (primary N) is 1. The zero-order valence-corrected chi connectivity index (χ0v) is 20.1. The third-order valence-corrected chi connectivity index (χ3v) is 7.11. The van der Waals surface area contributed by atoms with E-state index in [-0.39, 0.29) is 11.9 Å². The number of aryl methyl sites for hydroxylation is 1. The number of imidazole rings is 1. The van der Waals surface area contributed by atoms with Crippen molar-refractivity contribution in [3.05, 3.63) is 84.5 Å². The number of benzene rings is 1. The number of carbonyl (C=O) groups is 1. The molecule has 0 radical (unpaired) electrons. The highest BCUT2D eigenvalue weighted by Gasteiger charge is 2.23. The van der Waals surface area contributed by atoms with Crippen LogP contribution in [0.5, 0.6) is 0 Å². The lowest BCUT2D eigenvalue weighted by Gasteiger charge is -2.28. The second-order valence-corrected chi connectivity index (χ2v) is 9.38. The molecule has 5 rings (SSSR count). The van der Waals surface area contributed by atoms with Crippen LogP contribution < -0.4 is 11.1 Å². The molecule has 3 heterocycles. The minimum absolute atomic E-state index is 0.130. The number of nitrogens with zero attached hydrogens (tertiary/aromatic N) is 3. The van der Waals surface area contributed by atoms with Crippen molar-refractivity contribution >= 4 is 17.6 Å². The lowest BCUT2D eigenvalue weighted by atomic mass is 9.85. The van der Waals surface area contributed by atoms with E-state index in [1.807, 2.05) is 34.9 Å². The van der Waals surface area contributed by atoms with E-state index in [1.54, 1.807) is 12.4 Å². The molecule has 3 aromatic heterocycles. The number of hydrogen-bond donors (Lipinski definition) is 2. The largest absolute Gasteiger partial charge is 0.350 e. The molecular formula is C29H31N5O. The number of carbonyl (C=O) groups excluding carboxylic acids is 1. The van der Waals surface area contributed by atoms with Gasteiger partial charge in [-0.2, -0.15) is 0 Å². The smallest absolute Gasteiger partial charge is 0.269 e. The van der Waals surface area contributed by atoms with Gasteiger partial charge in [0.05, 0.1) is 11.9 Å². The molecule has 1 amide bonds. The summed E-state index contributed by atoms with van der Waals surface area (Å²) in [6.07, 6.45) is 11.7. The monoisotopic (exact) mass is 465 g/mol. The molecule has 178 valence electrons. The van der Waals surface area contributed by atoms with Gasteiger partial charge in [-0.05, 0) is 61.1 Å². The van der Waals surface area contributed by atoms with Gasteiger partial charge in [0.1, 0.15) is 11.3 Å². The lowest BCUT2D eigenvalue weighted by molar-refractivity contribution is 0.0935. The first-order chi connectivity index (χ1) is 17.0. The van der Waals surface area contributed by atoms with Crippen molar-refractivity contribution in [2.24, 2.45) is 11.7 Å². The number of fused-ring (bicyclic) bond motifs is 1. The van der Waals surface area contributed by atoms with Gasteiger partial charge in [-0.3, -0.25) is 14.2 Å². The Morgan fingerprint density at radius 2 is 2.00 bits per heavy atom. The Bertz CT molecular complexity index is 1390. The van der Waals surface area contributed by atoms with Gasteiger partial charge in [0, 0.05) is 41.7 Å². The van der Waals surface area contributed by atoms with Crippen molar-refractivity contribution in [2.45, 2.75) is 38.6 Å². The van der Waals surface area contributed by atoms with Crippen LogP contribution in [0.15, 0.2) is 67.6 Å². The van der Waals surface area contributed by atoms with E-state index in [4.69, 9.17) is 10.7 Å². The molecule has 1 unspecified atom stereocenters. The van der Waals surface area contributed by atoms with E-state index in [9.17, 15) is 4.79 Å². The van der Waals surface area contributed by atoms with Gasteiger partial charge in [-0.1, -0.05) is 43.7 Å². The van der Waals surface area contributed by atoms with Gasteiger partial charge in [0.2, 0.25) is 0 Å². The molecule has 1 fully saturated rings. The van der Waals surface area contributed by atoms with Crippen LogP contribution in [0.3, 0.4) is 0 Å². The molecular weight excluding hydrogens is 434 g/mol. The Kier molecular flexibility index (Phi) is 6.47. The Balaban J connectivity index is 1.46. The lowest BCUT2D eigenvalue weighted by Crippen LogP contribution is -2.41. The topological polar surface area (TPSA) is 85.3 Å². The number of nitrogens with one attached hydrogen (secondary N) is 1. The highest BCUT2D eigenvalue weighted by Crippen LogP contribution is 2.32. The second-order valence-electron chi connectivity index (χ2n) is 9.38. The molecule has 1 saturated carbocycles. The van der Waals surface area contributed by atoms with Crippen LogP contribution in [0, 0.1) is 12.8 Å². The molecule has 6 heteroatoms. The minimum atomic E-state index is -0.130. The van der Waals surface area contributed by atoms with Crippen LogP contribution in [-0.4, -0.2) is 32.9 Å². The molecule has 1 aromatic carbocycles. The first-order valence-electron chi connectivity index (χ1n) is 12.2. The van der Waals surface area contributed by atoms with E-state index < -0.39 is 0 Å². The van der Waals surface area contributed by atoms with Crippen molar-refractivity contribution in [2.75, 3.05) is 6.54 Å². The fourth-order valence-electron chi connectivity index (χ4n) is 5.03. The molecule has 1 aliphatic rings. The summed E-state index contributed by atoms with van der Waals surface area (Å²) >= 11 is 0. The molecule has 0 spiro atoms. The van der Waals surface area contributed by atoms with Crippen molar-refractivity contribution in [3.8, 4) is 22.4 Å². The van der Waals surface area contributed by atoms with E-state index >= 15 is 0 Å². The molecule has 1 aliphatic carbocycles. The number of aromatic nitrogens is 3. The third-order valence-electron chi connectivity index (χ3n) is 7.11. The van der Waals surface area contributed by atoms with Crippen molar-refractivity contribution < 1.29 is 4.79 Å². The Morgan fingerprint density at radius 3 is 2.80 bits per heavy atom. The summed E-state index contributed by atoms with van der Waals surface area (Å²) in [5, 5.41) is 3.09. The fraction of sp³-hybridized carbons (Fsp3) is 0.276. The molecule has 2 atom stereocenters. The number of hydrogen-bond acceptors (Lipinski definition) is 4. The summed E-state index contributed by atoms with van der Waals surface area (Å²) in [4.78, 5) is 22.2. The predicted octanol–water partition coefficient (Wildman–Crippen LogP) is 5.26. The van der Waals surface area contributed by atoms with Crippen molar-refractivity contribution in [1.82, 2.24) is 19.7 Å². The van der Waals surface area contributed by atoms with Crippen LogP contribution >= 0.6 is 0 Å². The van der Waals surface area contributed by atoms with Gasteiger partial charge in [-0.25, -0.2) is 4.98 Å². The Hall–Kier alpha value is -3.77. The van der Waals surface area contributed by atoms with Crippen LogP contribution in [0.2, 0.25) is 0 Å². The zero-order chi connectivity index (χ0) is 24.4. The maximum atomic E-state index is 13.1. The minimum Gasteiger partial charge on any atom is -0.350 e. The first-order valence-corrected chi connectivity index (χ1v) is 12.2. The average Bonchev–Trinajstić information content (AvgIpc) is 3.31. The first kappa shape index (κ1) is 23.0. The van der Waals surface area contributed by atoms with Gasteiger partial charge >= 0.3 is 0 Å². The normalized spacial score (nSPS) is 17.9. The highest BCUT2D eigenvalue weighted by atomic mass is 16.1. The molecule has 4 aromatic rings. The van der Waals surface area contributed by atoms with E-state index in [2.05, 4.69) is 48.1 Å². The van der Waals surface area contributed by atoms with E-state index in [1.165, 1.54) is 12.8 Å². The standard InChI is InChI=1S/C29H31N5O/c1-3-20-10-11-21(15-19(20)2)28-24(8-6-14-31-28)23-12-13-27-32-17-26(34(27)18-23)29(35)33-16-22-7-4-5-9-25(22)30/h3,6,8,10-15,17-18,22,25H,1,4-5,7,9,16,30H2,2H3,(H,33,35)/t22?,25-/m1/s1. The summed E-state index contributed by atoms with van der Waals surface area (Å²) in [5.41, 5.74) is 13.7. The summed E-state index contributed by atoms with van der Waals surface area (Å²) in [6.45, 7) is 6.56. The van der Waals surface area contributed by atoms with Gasteiger partial charge < -0.3 is 11.1 Å². The SMILES string of the molecule is C=Cc1ccc(-c2ncccc2-c2ccc3ncc(C(=O)NCC4CCCC[C@H]4N)n3c2)cc1C. The maximum absolute atomic E-state index is 13.1. The second kappa shape index (κ2) is 9.84. The fourth-order valence-corrected chi connectivity index (χ4v) is 5.03. The predicted molar refractivity (Wildman–Crippen MR) is 141 cm³/mol. The van der Waals surface area contributed by atoms with Crippen LogP contribution in [0.25, 0.3) is 34.1 Å². The summed E-state index contributed by atoms with van der Waals surface area (Å²) in [5.74, 6) is 0.200. The van der Waals surface area contributed by atoms with Crippen molar-refractivity contribution in [3.63, 3.8) is 0 Å². The summed E-state index contributed by atoms with van der Waals surface area (Å²) in [7, 11) is 0. The van der Waals surface area contributed by atoms with Crippen molar-refractivity contribution in [1.29, 1.82) is 0 Å². The Labute approximate surface area is 205 Å². The average molecular weight is 466 g/mol. The van der Waals surface area contributed by atoms with Crippen LogP contribution in [-0.2, 0) is 0 Å². The molecule has 0 aliphatic heterocycles. The molecule has 0 bridgehead atoms. The van der Waals surface area contributed by atoms with Gasteiger partial charge in [0.25, 0.3) is 5.91 Å². The zero-order valence-electron chi connectivity index (χ0n) is 20.1. The van der Waals surface area contributed by atoms with Gasteiger partial charge in [-0.15, -0.1) is 0 Å². The van der Waals surface area contributed by atoms with Crippen LogP contribution in [0.4, 0.5) is 0 Å². The quantitative estimate of drug-likeness (QED) is 0.407. The summed E-state index contributed by atoms with van der Waals surface area (Å²) in [6, 6.07) is 14.4. The molecule has 3 N–H and O–H groups in total. The molecule has 0 saturated heterocycles. The van der Waals surface area contributed by atoms with Gasteiger partial charge in [0.15, 0.2) is 0 Å². The van der Waals surface area contributed by atoms with E-state index in [0.29, 0.717) is 18.2 Å². The maximum Gasteiger partial charge on any atom is 0.269 e. The Morgan fingerprint density at radius 1 is 1.17 bits per heavy atom. The third kappa shape index (κ3) is 4.62. The number of rotatable bonds is 6. The van der Waals surface area contributed by atoms with Crippen LogP contribution in [0.1, 0.15) is 47.3 Å². The molecule has 6 nitrogen and oxygen atoms in total. The number of amides is 1. The van der Waals surface area contributed by atoms with E-state index in [0.717, 1.165) is 52.0 Å².